The van der Waals surface area contributed by atoms with Crippen LogP contribution in [0.1, 0.15) is 25.7 Å². The van der Waals surface area contributed by atoms with Crippen LogP contribution in [0.2, 0.25) is 5.15 Å². The summed E-state index contributed by atoms with van der Waals surface area (Å²) < 4.78 is 12.0. The summed E-state index contributed by atoms with van der Waals surface area (Å²) >= 11 is 5.94. The van der Waals surface area contributed by atoms with Gasteiger partial charge in [-0.05, 0) is 31.7 Å². The smallest absolute Gasteiger partial charge is 0.149 e. The van der Waals surface area contributed by atoms with E-state index in [4.69, 9.17) is 21.1 Å². The fourth-order valence-corrected chi connectivity index (χ4v) is 4.40. The summed E-state index contributed by atoms with van der Waals surface area (Å²) in [7, 11) is 0. The van der Waals surface area contributed by atoms with Gasteiger partial charge < -0.3 is 19.7 Å². The molecule has 9 heteroatoms. The summed E-state index contributed by atoms with van der Waals surface area (Å²) in [5.74, 6) is 1.53. The van der Waals surface area contributed by atoms with Crippen molar-refractivity contribution in [2.24, 2.45) is 0 Å². The van der Waals surface area contributed by atoms with Crippen molar-refractivity contribution in [1.29, 1.82) is 0 Å². The van der Waals surface area contributed by atoms with Gasteiger partial charge in [-0.2, -0.15) is 0 Å². The molecule has 5 rings (SSSR count). The van der Waals surface area contributed by atoms with E-state index in [0.717, 1.165) is 80.3 Å². The molecule has 1 aliphatic heterocycles. The van der Waals surface area contributed by atoms with Crippen molar-refractivity contribution in [3.8, 4) is 5.75 Å². The molecule has 162 valence electrons. The molecule has 0 amide bonds. The quantitative estimate of drug-likeness (QED) is 0.642. The normalized spacial score (nSPS) is 21.8. The molecule has 1 saturated carbocycles. The number of hydrogen-bond acceptors (Lipinski definition) is 8. The number of ether oxygens (including phenoxy) is 2. The number of morpholine rings is 1. The third-order valence-corrected chi connectivity index (χ3v) is 6.01. The average Bonchev–Trinajstić information content (AvgIpc) is 2.81. The zero-order chi connectivity index (χ0) is 21.0. The Kier molecular flexibility index (Phi) is 5.99. The molecule has 0 spiro atoms. The topological polar surface area (TPSA) is 85.3 Å². The molecule has 0 atom stereocenters. The van der Waals surface area contributed by atoms with Crippen LogP contribution in [0.15, 0.2) is 36.9 Å². The second-order valence-electron chi connectivity index (χ2n) is 7.93. The van der Waals surface area contributed by atoms with Gasteiger partial charge in [0.1, 0.15) is 22.2 Å². The van der Waals surface area contributed by atoms with Gasteiger partial charge in [0.25, 0.3) is 0 Å². The number of nitrogens with one attached hydrogen (secondary N) is 1. The van der Waals surface area contributed by atoms with Crippen molar-refractivity contribution in [3.05, 3.63) is 42.1 Å². The predicted octanol–water partition coefficient (Wildman–Crippen LogP) is 3.71. The number of halogens is 1. The lowest BCUT2D eigenvalue weighted by Crippen LogP contribution is -2.36. The van der Waals surface area contributed by atoms with E-state index in [1.807, 2.05) is 0 Å². The number of rotatable bonds is 5. The van der Waals surface area contributed by atoms with Gasteiger partial charge >= 0.3 is 0 Å². The van der Waals surface area contributed by atoms with Crippen molar-refractivity contribution < 1.29 is 9.47 Å². The first-order valence-electron chi connectivity index (χ1n) is 10.7. The molecule has 0 radical (unpaired) electrons. The second-order valence-corrected chi connectivity index (χ2v) is 8.32. The third-order valence-electron chi connectivity index (χ3n) is 5.82. The van der Waals surface area contributed by atoms with Crippen LogP contribution in [0.4, 0.5) is 11.5 Å². The highest BCUT2D eigenvalue weighted by atomic mass is 35.5. The molecular weight excluding hydrogens is 416 g/mol. The minimum absolute atomic E-state index is 0.147. The monoisotopic (exact) mass is 440 g/mol. The summed E-state index contributed by atoms with van der Waals surface area (Å²) in [6.07, 6.45) is 10.7. The molecule has 31 heavy (non-hydrogen) atoms. The van der Waals surface area contributed by atoms with Gasteiger partial charge in [0.2, 0.25) is 0 Å². The Labute approximate surface area is 186 Å². The number of nitrogens with zero attached hydrogens (tertiary/aromatic N) is 5. The summed E-state index contributed by atoms with van der Waals surface area (Å²) in [6, 6.07) is 4.53. The predicted molar refractivity (Wildman–Crippen MR) is 120 cm³/mol. The Morgan fingerprint density at radius 2 is 1.84 bits per heavy atom. The van der Waals surface area contributed by atoms with Crippen molar-refractivity contribution in [2.75, 3.05) is 36.5 Å². The highest BCUT2D eigenvalue weighted by molar-refractivity contribution is 6.29. The Hall–Kier alpha value is -2.71. The number of hydrogen-bond donors (Lipinski definition) is 1. The number of anilines is 2. The average molecular weight is 441 g/mol. The van der Waals surface area contributed by atoms with E-state index in [9.17, 15) is 0 Å². The maximum absolute atomic E-state index is 6.48. The van der Waals surface area contributed by atoms with Crippen LogP contribution in [0.25, 0.3) is 11.0 Å². The van der Waals surface area contributed by atoms with Crippen LogP contribution < -0.4 is 15.0 Å². The van der Waals surface area contributed by atoms with E-state index in [2.05, 4.69) is 42.3 Å². The molecular formula is C22H25ClN6O2. The molecule has 0 bridgehead atoms. The highest BCUT2D eigenvalue weighted by Crippen LogP contribution is 2.33. The van der Waals surface area contributed by atoms with Crippen molar-refractivity contribution in [3.63, 3.8) is 0 Å². The van der Waals surface area contributed by atoms with E-state index >= 15 is 0 Å². The first-order valence-corrected chi connectivity index (χ1v) is 11.1. The van der Waals surface area contributed by atoms with Crippen LogP contribution in [-0.4, -0.2) is 58.4 Å². The molecule has 1 N–H and O–H groups in total. The van der Waals surface area contributed by atoms with Crippen molar-refractivity contribution >= 4 is 34.1 Å². The lowest BCUT2D eigenvalue weighted by molar-refractivity contribution is 0.122. The van der Waals surface area contributed by atoms with Crippen LogP contribution in [0.3, 0.4) is 0 Å². The lowest BCUT2D eigenvalue weighted by atomic mass is 9.93. The zero-order valence-electron chi connectivity index (χ0n) is 17.2. The minimum Gasteiger partial charge on any atom is -0.488 e. The molecule has 2 aliphatic rings. The summed E-state index contributed by atoms with van der Waals surface area (Å²) in [5.41, 5.74) is 2.78. The second kappa shape index (κ2) is 9.20. The Morgan fingerprint density at radius 3 is 2.65 bits per heavy atom. The maximum Gasteiger partial charge on any atom is 0.149 e. The molecule has 1 saturated heterocycles. The van der Waals surface area contributed by atoms with E-state index in [-0.39, 0.29) is 6.10 Å². The fourth-order valence-electron chi connectivity index (χ4n) is 4.25. The van der Waals surface area contributed by atoms with E-state index in [1.165, 1.54) is 6.20 Å². The van der Waals surface area contributed by atoms with Gasteiger partial charge in [-0.25, -0.2) is 9.97 Å². The Balaban J connectivity index is 1.28. The molecule has 0 unspecified atom stereocenters. The fraction of sp³-hybridized carbons (Fsp3) is 0.455. The standard InChI is InChI=1S/C22H25ClN6O2/c23-20-13-24-14-21(28-20)27-15-1-3-17(4-2-15)31-19-12-16(29-7-9-30-10-8-29)11-18-22(19)26-6-5-25-18/h5-6,11-15,17H,1-4,7-10H2,(H,27,28). The van der Waals surface area contributed by atoms with Crippen LogP contribution in [-0.2, 0) is 4.74 Å². The molecule has 8 nitrogen and oxygen atoms in total. The summed E-state index contributed by atoms with van der Waals surface area (Å²) in [5, 5.41) is 3.83. The third kappa shape index (κ3) is 4.80. The van der Waals surface area contributed by atoms with Crippen molar-refractivity contribution in [1.82, 2.24) is 19.9 Å². The van der Waals surface area contributed by atoms with E-state index < -0.39 is 0 Å². The minimum atomic E-state index is 0.147. The maximum atomic E-state index is 6.48. The number of fused-ring (bicyclic) bond motifs is 1. The lowest BCUT2D eigenvalue weighted by Gasteiger charge is -2.31. The van der Waals surface area contributed by atoms with Gasteiger partial charge in [-0.3, -0.25) is 9.97 Å². The number of aromatic nitrogens is 4. The van der Waals surface area contributed by atoms with Crippen molar-refractivity contribution in [2.45, 2.75) is 37.8 Å². The number of benzene rings is 1. The Bertz CT molecular complexity index is 1040. The first-order chi connectivity index (χ1) is 15.2. The first kappa shape index (κ1) is 20.2. The van der Waals surface area contributed by atoms with Gasteiger partial charge in [-0.15, -0.1) is 0 Å². The Morgan fingerprint density at radius 1 is 1.03 bits per heavy atom. The summed E-state index contributed by atoms with van der Waals surface area (Å²) in [4.78, 5) is 19.7. The molecule has 1 aromatic carbocycles. The molecule has 2 aromatic heterocycles. The molecule has 3 heterocycles. The van der Waals surface area contributed by atoms with Crippen LogP contribution >= 0.6 is 11.6 Å². The van der Waals surface area contributed by atoms with Crippen LogP contribution in [0.5, 0.6) is 5.75 Å². The van der Waals surface area contributed by atoms with Gasteiger partial charge in [-0.1, -0.05) is 11.6 Å². The zero-order valence-corrected chi connectivity index (χ0v) is 18.0. The SMILES string of the molecule is Clc1cncc(NC2CCC(Oc3cc(N4CCOCC4)cc4nccnc34)CC2)n1. The molecule has 3 aromatic rings. The van der Waals surface area contributed by atoms with E-state index in [1.54, 1.807) is 18.6 Å². The van der Waals surface area contributed by atoms with E-state index in [0.29, 0.717) is 11.2 Å². The molecule has 2 fully saturated rings. The molecule has 1 aliphatic carbocycles. The van der Waals surface area contributed by atoms with Crippen LogP contribution in [0, 0.1) is 0 Å². The van der Waals surface area contributed by atoms with Gasteiger partial charge in [0.15, 0.2) is 0 Å². The highest BCUT2D eigenvalue weighted by Gasteiger charge is 2.24. The van der Waals surface area contributed by atoms with Gasteiger partial charge in [0.05, 0.1) is 37.2 Å². The summed E-state index contributed by atoms with van der Waals surface area (Å²) in [6.45, 7) is 3.22. The largest absolute Gasteiger partial charge is 0.488 e. The van der Waals surface area contributed by atoms with Gasteiger partial charge in [0, 0.05) is 43.3 Å².